The Morgan fingerprint density at radius 1 is 1.23 bits per heavy atom. The lowest BCUT2D eigenvalue weighted by Gasteiger charge is -2.17. The van der Waals surface area contributed by atoms with Crippen LogP contribution in [0.5, 0.6) is 5.88 Å². The summed E-state index contributed by atoms with van der Waals surface area (Å²) < 4.78 is 11.1. The van der Waals surface area contributed by atoms with Crippen molar-refractivity contribution in [3.8, 4) is 5.88 Å². The second-order valence-electron chi connectivity index (χ2n) is 7.48. The van der Waals surface area contributed by atoms with Crippen LogP contribution < -0.4 is 10.1 Å². The molecule has 3 heterocycles. The van der Waals surface area contributed by atoms with Gasteiger partial charge in [-0.05, 0) is 35.2 Å². The molecule has 1 aliphatic heterocycles. The number of rotatable bonds is 9. The number of aryl methyl sites for hydroxylation is 1. The monoisotopic (exact) mass is 407 g/mol. The van der Waals surface area contributed by atoms with Crippen LogP contribution in [0.2, 0.25) is 0 Å². The summed E-state index contributed by atoms with van der Waals surface area (Å²) in [7, 11) is 0. The molecular weight excluding hydrogens is 382 g/mol. The van der Waals surface area contributed by atoms with Crippen molar-refractivity contribution < 1.29 is 19.2 Å². The minimum Gasteiger partial charge on any atom is -0.481 e. The number of carboxylic acids is 1. The van der Waals surface area contributed by atoms with Gasteiger partial charge in [0, 0.05) is 37.1 Å². The number of benzene rings is 1. The molecule has 1 unspecified atom stereocenters. The van der Waals surface area contributed by atoms with Crippen LogP contribution in [0, 0.1) is 0 Å². The molecule has 0 radical (unpaired) electrons. The molecule has 3 aromatic rings. The van der Waals surface area contributed by atoms with Crippen molar-refractivity contribution in [3.63, 3.8) is 0 Å². The molecule has 156 valence electrons. The number of nitrogens with one attached hydrogen (secondary N) is 1. The number of pyridine rings is 1. The fourth-order valence-corrected chi connectivity index (χ4v) is 3.71. The summed E-state index contributed by atoms with van der Waals surface area (Å²) in [4.78, 5) is 15.9. The van der Waals surface area contributed by atoms with Gasteiger partial charge in [-0.3, -0.25) is 4.79 Å². The van der Waals surface area contributed by atoms with Gasteiger partial charge in [-0.2, -0.15) is 0 Å². The molecule has 0 bridgehead atoms. The van der Waals surface area contributed by atoms with E-state index in [1.807, 2.05) is 36.4 Å². The summed E-state index contributed by atoms with van der Waals surface area (Å²) in [5.74, 6) is 0.968. The van der Waals surface area contributed by atoms with E-state index < -0.39 is 5.97 Å². The van der Waals surface area contributed by atoms with Crippen molar-refractivity contribution in [2.45, 2.75) is 38.0 Å². The number of aliphatic carboxylic acids is 1. The van der Waals surface area contributed by atoms with Gasteiger partial charge in [-0.15, -0.1) is 0 Å². The first kappa shape index (κ1) is 19.9. The van der Waals surface area contributed by atoms with Crippen molar-refractivity contribution >= 4 is 11.8 Å². The van der Waals surface area contributed by atoms with Crippen LogP contribution in [-0.2, 0) is 24.1 Å². The van der Waals surface area contributed by atoms with E-state index in [9.17, 15) is 9.90 Å². The number of ether oxygens (including phenoxy) is 1. The van der Waals surface area contributed by atoms with Gasteiger partial charge in [0.25, 0.3) is 5.88 Å². The third-order valence-corrected chi connectivity index (χ3v) is 5.24. The van der Waals surface area contributed by atoms with Crippen molar-refractivity contribution in [3.05, 3.63) is 71.1 Å². The zero-order valence-electron chi connectivity index (χ0n) is 16.7. The average molecular weight is 407 g/mol. The molecule has 4 rings (SSSR count). The van der Waals surface area contributed by atoms with Crippen LogP contribution in [0.15, 0.2) is 53.1 Å². The summed E-state index contributed by atoms with van der Waals surface area (Å²) >= 11 is 0. The Hall–Kier alpha value is -3.35. The lowest BCUT2D eigenvalue weighted by Crippen LogP contribution is -2.14. The fraction of sp³-hybridized carbons (Fsp3) is 0.348. The number of carboxylic acid groups (broad SMARTS) is 1. The highest BCUT2D eigenvalue weighted by molar-refractivity contribution is 5.68. The Morgan fingerprint density at radius 3 is 2.93 bits per heavy atom. The van der Waals surface area contributed by atoms with Gasteiger partial charge >= 0.3 is 5.97 Å². The van der Waals surface area contributed by atoms with Gasteiger partial charge < -0.3 is 19.7 Å². The number of hydrogen-bond acceptors (Lipinski definition) is 6. The average Bonchev–Trinajstić information content (AvgIpc) is 3.21. The van der Waals surface area contributed by atoms with Gasteiger partial charge in [0.15, 0.2) is 0 Å². The largest absolute Gasteiger partial charge is 0.481 e. The molecule has 7 heteroatoms. The van der Waals surface area contributed by atoms with E-state index in [4.69, 9.17) is 9.26 Å². The van der Waals surface area contributed by atoms with E-state index in [1.165, 1.54) is 5.56 Å². The highest BCUT2D eigenvalue weighted by Gasteiger charge is 2.19. The Labute approximate surface area is 175 Å². The first-order chi connectivity index (χ1) is 14.7. The van der Waals surface area contributed by atoms with E-state index in [1.54, 1.807) is 6.07 Å². The molecule has 0 amide bonds. The van der Waals surface area contributed by atoms with Crippen LogP contribution in [-0.4, -0.2) is 34.4 Å². The molecule has 2 N–H and O–H groups in total. The molecule has 0 saturated heterocycles. The third kappa shape index (κ3) is 5.17. The molecule has 0 spiro atoms. The summed E-state index contributed by atoms with van der Waals surface area (Å²) in [5, 5.41) is 16.5. The molecule has 30 heavy (non-hydrogen) atoms. The summed E-state index contributed by atoms with van der Waals surface area (Å²) in [6.07, 6.45) is 3.36. The Balaban J connectivity index is 1.33. The van der Waals surface area contributed by atoms with Gasteiger partial charge in [0.05, 0.1) is 13.0 Å². The summed E-state index contributed by atoms with van der Waals surface area (Å²) in [6, 6.07) is 15.5. The number of hydrogen-bond donors (Lipinski definition) is 2. The van der Waals surface area contributed by atoms with Gasteiger partial charge in [0.2, 0.25) is 0 Å². The second-order valence-corrected chi connectivity index (χ2v) is 7.48. The van der Waals surface area contributed by atoms with Gasteiger partial charge in [-0.1, -0.05) is 36.4 Å². The van der Waals surface area contributed by atoms with Crippen molar-refractivity contribution in [2.24, 2.45) is 0 Å². The Bertz CT molecular complexity index is 987. The number of aromatic nitrogens is 2. The zero-order chi connectivity index (χ0) is 20.8. The number of anilines is 1. The van der Waals surface area contributed by atoms with E-state index in [2.05, 4.69) is 21.5 Å². The van der Waals surface area contributed by atoms with Crippen LogP contribution in [0.25, 0.3) is 0 Å². The summed E-state index contributed by atoms with van der Waals surface area (Å²) in [6.45, 7) is 1.41. The fourth-order valence-electron chi connectivity index (χ4n) is 3.71. The van der Waals surface area contributed by atoms with E-state index in [-0.39, 0.29) is 12.3 Å². The lowest BCUT2D eigenvalue weighted by atomic mass is 9.91. The minimum absolute atomic E-state index is 0.0267. The minimum atomic E-state index is -0.841. The highest BCUT2D eigenvalue weighted by Crippen LogP contribution is 2.26. The smallest absolute Gasteiger partial charge is 0.303 e. The standard InChI is InChI=1S/C23H25N3O4/c27-22(28)14-18(16-5-2-1-3-6-16)13-20-15-21(26-30-20)29-12-10-19-9-8-17-7-4-11-24-23(17)25-19/h1-3,5-6,8-9,15,18H,4,7,10-14H2,(H,24,25)(H,27,28). The highest BCUT2D eigenvalue weighted by atomic mass is 16.5. The predicted molar refractivity (Wildman–Crippen MR) is 112 cm³/mol. The van der Waals surface area contributed by atoms with Crippen LogP contribution in [0.3, 0.4) is 0 Å². The molecule has 7 nitrogen and oxygen atoms in total. The van der Waals surface area contributed by atoms with Crippen molar-refractivity contribution in [1.29, 1.82) is 0 Å². The first-order valence-corrected chi connectivity index (χ1v) is 10.2. The summed E-state index contributed by atoms with van der Waals surface area (Å²) in [5.41, 5.74) is 3.20. The predicted octanol–water partition coefficient (Wildman–Crippen LogP) is 3.85. The third-order valence-electron chi connectivity index (χ3n) is 5.24. The van der Waals surface area contributed by atoms with E-state index >= 15 is 0 Å². The van der Waals surface area contributed by atoms with Crippen molar-refractivity contribution in [2.75, 3.05) is 18.5 Å². The SMILES string of the molecule is O=C(O)CC(Cc1cc(OCCc2ccc3c(n2)NCCC3)no1)c1ccccc1. The van der Waals surface area contributed by atoms with Gasteiger partial charge in [0.1, 0.15) is 11.6 Å². The van der Waals surface area contributed by atoms with Crippen molar-refractivity contribution in [1.82, 2.24) is 10.1 Å². The van der Waals surface area contributed by atoms with E-state index in [0.717, 1.165) is 36.5 Å². The maximum absolute atomic E-state index is 11.3. The second kappa shape index (κ2) is 9.43. The molecule has 0 fully saturated rings. The quantitative estimate of drug-likeness (QED) is 0.556. The molecule has 2 aromatic heterocycles. The number of nitrogens with zero attached hydrogens (tertiary/aromatic N) is 2. The molecule has 1 aromatic carbocycles. The molecule has 1 atom stereocenters. The Kier molecular flexibility index (Phi) is 6.27. The van der Waals surface area contributed by atoms with Crippen LogP contribution >= 0.6 is 0 Å². The first-order valence-electron chi connectivity index (χ1n) is 10.2. The molecule has 0 aliphatic carbocycles. The van der Waals surface area contributed by atoms with Crippen LogP contribution in [0.1, 0.15) is 41.3 Å². The molecular formula is C23H25N3O4. The lowest BCUT2D eigenvalue weighted by molar-refractivity contribution is -0.137. The van der Waals surface area contributed by atoms with Crippen LogP contribution in [0.4, 0.5) is 5.82 Å². The number of fused-ring (bicyclic) bond motifs is 1. The van der Waals surface area contributed by atoms with Gasteiger partial charge in [-0.25, -0.2) is 4.98 Å². The maximum Gasteiger partial charge on any atom is 0.303 e. The zero-order valence-corrected chi connectivity index (χ0v) is 16.7. The normalized spacial score (nSPS) is 13.9. The molecule has 1 aliphatic rings. The maximum atomic E-state index is 11.3. The molecule has 0 saturated carbocycles. The topological polar surface area (TPSA) is 97.5 Å². The Morgan fingerprint density at radius 2 is 2.10 bits per heavy atom. The van der Waals surface area contributed by atoms with E-state index in [0.29, 0.717) is 31.1 Å². The number of carbonyl (C=O) groups is 1.